The van der Waals surface area contributed by atoms with Crippen molar-refractivity contribution in [1.29, 1.82) is 0 Å². The smallest absolute Gasteiger partial charge is 0.230 e. The van der Waals surface area contributed by atoms with Gasteiger partial charge in [0.05, 0.1) is 5.92 Å². The molecule has 5 nitrogen and oxygen atoms in total. The monoisotopic (exact) mass is 423 g/mol. The Hall–Kier alpha value is -2.82. The van der Waals surface area contributed by atoms with Crippen molar-refractivity contribution in [3.63, 3.8) is 0 Å². The van der Waals surface area contributed by atoms with Gasteiger partial charge in [-0.2, -0.15) is 0 Å². The number of hydrogen-bond donors (Lipinski definition) is 1. The summed E-state index contributed by atoms with van der Waals surface area (Å²) in [4.78, 5) is 29.7. The summed E-state index contributed by atoms with van der Waals surface area (Å²) < 4.78 is 0. The fourth-order valence-corrected chi connectivity index (χ4v) is 3.77. The van der Waals surface area contributed by atoms with Crippen LogP contribution in [0.1, 0.15) is 64.0 Å². The second-order valence-electron chi connectivity index (χ2n) is 8.23. The molecule has 0 aliphatic carbocycles. The molecule has 0 spiro atoms. The van der Waals surface area contributed by atoms with E-state index in [1.165, 1.54) is 0 Å². The van der Waals surface area contributed by atoms with Crippen LogP contribution in [0.15, 0.2) is 48.5 Å². The number of nitrogens with one attached hydrogen (secondary N) is 1. The third-order valence-corrected chi connectivity index (χ3v) is 5.82. The minimum Gasteiger partial charge on any atom is -0.377 e. The van der Waals surface area contributed by atoms with Gasteiger partial charge < -0.3 is 15.1 Å². The molecule has 1 N–H and O–H groups in total. The lowest BCUT2D eigenvalue weighted by Gasteiger charge is -2.33. The van der Waals surface area contributed by atoms with Gasteiger partial charge in [-0.25, -0.2) is 0 Å². The zero-order valence-corrected chi connectivity index (χ0v) is 19.8. The van der Waals surface area contributed by atoms with Gasteiger partial charge in [0.15, 0.2) is 0 Å². The van der Waals surface area contributed by atoms with Gasteiger partial charge in [-0.15, -0.1) is 0 Å². The van der Waals surface area contributed by atoms with Gasteiger partial charge in [0, 0.05) is 44.5 Å². The lowest BCUT2D eigenvalue weighted by Crippen LogP contribution is -2.41. The summed E-state index contributed by atoms with van der Waals surface area (Å²) in [6.07, 6.45) is 2.06. The van der Waals surface area contributed by atoms with Crippen LogP contribution in [0.25, 0.3) is 0 Å². The van der Waals surface area contributed by atoms with E-state index in [1.807, 2.05) is 74.4 Å². The molecule has 0 aliphatic heterocycles. The highest BCUT2D eigenvalue weighted by atomic mass is 16.2. The first-order valence-corrected chi connectivity index (χ1v) is 11.3. The van der Waals surface area contributed by atoms with Crippen LogP contribution in [-0.4, -0.2) is 36.9 Å². The molecule has 2 aromatic rings. The second kappa shape index (κ2) is 11.5. The van der Waals surface area contributed by atoms with Crippen molar-refractivity contribution in [3.05, 3.63) is 59.7 Å². The predicted molar refractivity (Wildman–Crippen MR) is 129 cm³/mol. The molecule has 0 aliphatic rings. The molecule has 168 valence electrons. The molecule has 2 amide bonds. The van der Waals surface area contributed by atoms with E-state index in [0.29, 0.717) is 13.0 Å². The fourth-order valence-electron chi connectivity index (χ4n) is 3.77. The molecule has 2 atom stereocenters. The summed E-state index contributed by atoms with van der Waals surface area (Å²) in [6, 6.07) is 16.1. The van der Waals surface area contributed by atoms with Crippen LogP contribution in [0, 0.1) is 0 Å². The number of anilines is 2. The van der Waals surface area contributed by atoms with Gasteiger partial charge in [-0.05, 0) is 49.1 Å². The molecule has 0 heterocycles. The molecule has 31 heavy (non-hydrogen) atoms. The van der Waals surface area contributed by atoms with E-state index in [9.17, 15) is 9.59 Å². The second-order valence-corrected chi connectivity index (χ2v) is 8.23. The summed E-state index contributed by atoms with van der Waals surface area (Å²) in [6.45, 7) is 8.62. The van der Waals surface area contributed by atoms with E-state index in [-0.39, 0.29) is 23.8 Å². The summed E-state index contributed by atoms with van der Waals surface area (Å²) in [5.41, 5.74) is 3.89. The fraction of sp³-hybridized carbons (Fsp3) is 0.462. The van der Waals surface area contributed by atoms with Gasteiger partial charge in [-0.3, -0.25) is 9.59 Å². The summed E-state index contributed by atoms with van der Waals surface area (Å²) in [5.74, 6) is -0.0368. The Kier molecular flexibility index (Phi) is 9.10. The van der Waals surface area contributed by atoms with Crippen molar-refractivity contribution in [2.45, 2.75) is 65.5 Å². The van der Waals surface area contributed by atoms with Crippen LogP contribution in [0.4, 0.5) is 11.4 Å². The minimum absolute atomic E-state index is 0.0199. The SMILES string of the molecule is CCC(=O)Nc1ccc(N(C)C)c(CN(C(=O)[C@@H](CC)c2ccccc2)[C@@H](C)CC)c1. The number of benzene rings is 2. The Balaban J connectivity index is 2.42. The number of amides is 2. The Morgan fingerprint density at radius 3 is 2.19 bits per heavy atom. The van der Waals surface area contributed by atoms with E-state index in [1.54, 1.807) is 0 Å². The average molecular weight is 424 g/mol. The molecule has 2 aromatic carbocycles. The zero-order chi connectivity index (χ0) is 23.0. The van der Waals surface area contributed by atoms with E-state index in [2.05, 4.69) is 31.0 Å². The first-order valence-electron chi connectivity index (χ1n) is 11.3. The van der Waals surface area contributed by atoms with Crippen LogP contribution in [0.2, 0.25) is 0 Å². The predicted octanol–water partition coefficient (Wildman–Crippen LogP) is 5.42. The third-order valence-electron chi connectivity index (χ3n) is 5.82. The Morgan fingerprint density at radius 1 is 0.968 bits per heavy atom. The molecule has 5 heteroatoms. The molecule has 0 aromatic heterocycles. The van der Waals surface area contributed by atoms with Crippen LogP contribution >= 0.6 is 0 Å². The molecular weight excluding hydrogens is 386 g/mol. The largest absolute Gasteiger partial charge is 0.377 e. The normalized spacial score (nSPS) is 12.7. The molecule has 0 bridgehead atoms. The summed E-state index contributed by atoms with van der Waals surface area (Å²) >= 11 is 0. The molecule has 0 fully saturated rings. The molecule has 0 saturated heterocycles. The highest BCUT2D eigenvalue weighted by molar-refractivity contribution is 5.91. The third kappa shape index (κ3) is 6.33. The first-order chi connectivity index (χ1) is 14.8. The molecule has 2 rings (SSSR count). The van der Waals surface area contributed by atoms with Crippen molar-refractivity contribution in [3.8, 4) is 0 Å². The summed E-state index contributed by atoms with van der Waals surface area (Å²) in [5, 5.41) is 2.94. The zero-order valence-electron chi connectivity index (χ0n) is 19.8. The maximum Gasteiger partial charge on any atom is 0.230 e. The lowest BCUT2D eigenvalue weighted by molar-refractivity contribution is -0.135. The van der Waals surface area contributed by atoms with Gasteiger partial charge >= 0.3 is 0 Å². The van der Waals surface area contributed by atoms with Crippen molar-refractivity contribution in [2.24, 2.45) is 0 Å². The van der Waals surface area contributed by atoms with E-state index in [0.717, 1.165) is 35.3 Å². The maximum absolute atomic E-state index is 13.7. The molecule has 0 saturated carbocycles. The number of rotatable bonds is 10. The summed E-state index contributed by atoms with van der Waals surface area (Å²) in [7, 11) is 3.99. The van der Waals surface area contributed by atoms with E-state index in [4.69, 9.17) is 0 Å². The lowest BCUT2D eigenvalue weighted by atomic mass is 9.94. The van der Waals surface area contributed by atoms with E-state index >= 15 is 0 Å². The number of carbonyl (C=O) groups is 2. The quantitative estimate of drug-likeness (QED) is 0.555. The first kappa shape index (κ1) is 24.4. The van der Waals surface area contributed by atoms with Crippen LogP contribution in [0.3, 0.4) is 0 Å². The maximum atomic E-state index is 13.7. The Bertz CT molecular complexity index is 864. The standard InChI is InChI=1S/C26H37N3O2/c1-7-19(4)29(26(31)23(8-2)20-13-11-10-12-14-20)18-21-17-22(27-25(30)9-3)15-16-24(21)28(5)6/h10-17,19,23H,7-9,18H2,1-6H3,(H,27,30)/t19-,23-/m0/s1. The highest BCUT2D eigenvalue weighted by Crippen LogP contribution is 2.29. The van der Waals surface area contributed by atoms with Crippen molar-refractivity contribution in [1.82, 2.24) is 4.90 Å². The highest BCUT2D eigenvalue weighted by Gasteiger charge is 2.28. The Morgan fingerprint density at radius 2 is 1.65 bits per heavy atom. The van der Waals surface area contributed by atoms with Crippen LogP contribution in [-0.2, 0) is 16.1 Å². The minimum atomic E-state index is -0.166. The topological polar surface area (TPSA) is 52.7 Å². The van der Waals surface area contributed by atoms with Crippen molar-refractivity contribution in [2.75, 3.05) is 24.3 Å². The van der Waals surface area contributed by atoms with Crippen LogP contribution < -0.4 is 10.2 Å². The number of hydrogen-bond acceptors (Lipinski definition) is 3. The molecule has 0 radical (unpaired) electrons. The van der Waals surface area contributed by atoms with Gasteiger partial charge in [0.1, 0.15) is 0 Å². The van der Waals surface area contributed by atoms with E-state index < -0.39 is 0 Å². The van der Waals surface area contributed by atoms with Gasteiger partial charge in [-0.1, -0.05) is 51.1 Å². The number of carbonyl (C=O) groups excluding carboxylic acids is 2. The van der Waals surface area contributed by atoms with Gasteiger partial charge in [0.2, 0.25) is 11.8 Å². The number of nitrogens with zero attached hydrogens (tertiary/aromatic N) is 2. The average Bonchev–Trinajstić information content (AvgIpc) is 2.77. The van der Waals surface area contributed by atoms with Crippen molar-refractivity contribution >= 4 is 23.2 Å². The van der Waals surface area contributed by atoms with Gasteiger partial charge in [0.25, 0.3) is 0 Å². The Labute approximate surface area is 187 Å². The molecule has 0 unspecified atom stereocenters. The molecular formula is C26H37N3O2. The van der Waals surface area contributed by atoms with Crippen molar-refractivity contribution < 1.29 is 9.59 Å². The van der Waals surface area contributed by atoms with Crippen LogP contribution in [0.5, 0.6) is 0 Å².